The van der Waals surface area contributed by atoms with Gasteiger partial charge in [-0.3, -0.25) is 9.69 Å². The number of hydrogen-bond donors (Lipinski definition) is 0. The van der Waals surface area contributed by atoms with Crippen molar-refractivity contribution >= 4 is 50.2 Å². The number of hydrogen-bond acceptors (Lipinski definition) is 3. The molecule has 0 radical (unpaired) electrons. The predicted octanol–water partition coefficient (Wildman–Crippen LogP) is 3.03. The average molecular weight is 351 g/mol. The zero-order valence-electron chi connectivity index (χ0n) is 10.3. The van der Waals surface area contributed by atoms with Gasteiger partial charge in [-0.15, -0.1) is 12.3 Å². The van der Waals surface area contributed by atoms with Crippen molar-refractivity contribution < 1.29 is 4.79 Å². The lowest BCUT2D eigenvalue weighted by molar-refractivity contribution is -0.117. The molecular weight excluding hydrogens is 342 g/mol. The molecule has 1 aromatic heterocycles. The van der Waals surface area contributed by atoms with Crippen molar-refractivity contribution in [2.75, 3.05) is 11.4 Å². The molecule has 1 fully saturated rings. The highest BCUT2D eigenvalue weighted by atomic mass is 79.9. The van der Waals surface area contributed by atoms with Gasteiger partial charge in [-0.05, 0) is 39.7 Å². The lowest BCUT2D eigenvalue weighted by atomic mass is 10.1. The molecule has 1 atom stereocenters. The Morgan fingerprint density at radius 1 is 1.45 bits per heavy atom. The van der Waals surface area contributed by atoms with E-state index in [0.29, 0.717) is 24.3 Å². The molecule has 2 aromatic rings. The first-order valence-corrected chi connectivity index (χ1v) is 7.15. The number of rotatable bonds is 1. The third kappa shape index (κ3) is 2.15. The highest BCUT2D eigenvalue weighted by Crippen LogP contribution is 2.33. The summed E-state index contributed by atoms with van der Waals surface area (Å²) < 4.78 is 0.806. The number of amides is 1. The van der Waals surface area contributed by atoms with Crippen molar-refractivity contribution in [2.45, 2.75) is 6.42 Å². The van der Waals surface area contributed by atoms with Crippen molar-refractivity contribution in [1.29, 1.82) is 0 Å². The van der Waals surface area contributed by atoms with E-state index >= 15 is 0 Å². The van der Waals surface area contributed by atoms with Crippen molar-refractivity contribution in [1.82, 2.24) is 9.97 Å². The number of carbonyl (C=O) groups is 1. The molecule has 6 heteroatoms. The van der Waals surface area contributed by atoms with Crippen molar-refractivity contribution in [2.24, 2.45) is 5.92 Å². The van der Waals surface area contributed by atoms with Gasteiger partial charge in [0.05, 0.1) is 5.52 Å². The smallest absolute Gasteiger partial charge is 0.229 e. The Kier molecular flexibility index (Phi) is 3.36. The third-order valence-electron chi connectivity index (χ3n) is 3.25. The topological polar surface area (TPSA) is 46.1 Å². The van der Waals surface area contributed by atoms with E-state index in [0.717, 1.165) is 9.86 Å². The Morgan fingerprint density at radius 3 is 2.95 bits per heavy atom. The Labute approximate surface area is 129 Å². The van der Waals surface area contributed by atoms with Gasteiger partial charge in [0.15, 0.2) is 0 Å². The lowest BCUT2D eigenvalue weighted by Crippen LogP contribution is -2.26. The second kappa shape index (κ2) is 5.04. The van der Waals surface area contributed by atoms with Crippen LogP contribution >= 0.6 is 27.5 Å². The molecule has 2 heterocycles. The van der Waals surface area contributed by atoms with Crippen LogP contribution in [0, 0.1) is 18.3 Å². The maximum absolute atomic E-state index is 12.1. The van der Waals surface area contributed by atoms with Gasteiger partial charge in [0.25, 0.3) is 0 Å². The quantitative estimate of drug-likeness (QED) is 0.587. The molecule has 0 aliphatic carbocycles. The number of terminal acetylenes is 1. The summed E-state index contributed by atoms with van der Waals surface area (Å²) in [6.45, 7) is 0.463. The maximum Gasteiger partial charge on any atom is 0.229 e. The minimum Gasteiger partial charge on any atom is -0.295 e. The number of carbonyl (C=O) groups excluding carboxylic acids is 1. The Bertz CT molecular complexity index is 756. The second-order valence-corrected chi connectivity index (χ2v) is 5.72. The number of halogens is 2. The molecule has 4 nitrogen and oxygen atoms in total. The molecule has 0 bridgehead atoms. The van der Waals surface area contributed by atoms with Crippen LogP contribution in [-0.2, 0) is 4.79 Å². The number of nitrogens with zero attached hydrogens (tertiary/aromatic N) is 3. The summed E-state index contributed by atoms with van der Waals surface area (Å²) in [6, 6.07) is 5.60. The summed E-state index contributed by atoms with van der Waals surface area (Å²) in [7, 11) is 0. The van der Waals surface area contributed by atoms with E-state index in [2.05, 4.69) is 31.8 Å². The minimum absolute atomic E-state index is 0.0380. The average Bonchev–Trinajstić information content (AvgIpc) is 2.80. The van der Waals surface area contributed by atoms with Crippen LogP contribution in [0.15, 0.2) is 22.7 Å². The Hall–Kier alpha value is -1.64. The summed E-state index contributed by atoms with van der Waals surface area (Å²) in [6.07, 6.45) is 5.75. The number of aromatic nitrogens is 2. The second-order valence-electron chi connectivity index (χ2n) is 4.52. The van der Waals surface area contributed by atoms with Gasteiger partial charge in [-0.25, -0.2) is 4.98 Å². The SMILES string of the molecule is C#CC1CC(=O)N(c2nc(Cl)nc3c(Br)cccc23)C1. The van der Waals surface area contributed by atoms with E-state index in [1.165, 1.54) is 0 Å². The minimum atomic E-state index is -0.0848. The number of anilines is 1. The van der Waals surface area contributed by atoms with Crippen LogP contribution in [0.4, 0.5) is 5.82 Å². The molecule has 1 unspecified atom stereocenters. The first-order chi connectivity index (χ1) is 9.60. The third-order valence-corrected chi connectivity index (χ3v) is 4.06. The van der Waals surface area contributed by atoms with Crippen LogP contribution in [0.5, 0.6) is 0 Å². The van der Waals surface area contributed by atoms with Crippen molar-refractivity contribution in [3.05, 3.63) is 28.0 Å². The van der Waals surface area contributed by atoms with Gasteiger partial charge in [0, 0.05) is 28.7 Å². The molecule has 1 aliphatic rings. The van der Waals surface area contributed by atoms with Gasteiger partial charge in [0.2, 0.25) is 11.2 Å². The summed E-state index contributed by atoms with van der Waals surface area (Å²) in [4.78, 5) is 22.1. The van der Waals surface area contributed by atoms with Gasteiger partial charge in [0.1, 0.15) is 5.82 Å². The van der Waals surface area contributed by atoms with E-state index in [9.17, 15) is 4.79 Å². The fraction of sp³-hybridized carbons (Fsp3) is 0.214. The van der Waals surface area contributed by atoms with Gasteiger partial charge < -0.3 is 0 Å². The molecule has 1 amide bonds. The maximum atomic E-state index is 12.1. The molecule has 1 saturated heterocycles. The summed E-state index contributed by atoms with van der Waals surface area (Å²) in [5.41, 5.74) is 0.680. The largest absolute Gasteiger partial charge is 0.295 e. The normalized spacial score (nSPS) is 18.6. The van der Waals surface area contributed by atoms with Crippen molar-refractivity contribution in [3.8, 4) is 12.3 Å². The monoisotopic (exact) mass is 349 g/mol. The van der Waals surface area contributed by atoms with Gasteiger partial charge in [-0.2, -0.15) is 4.98 Å². The van der Waals surface area contributed by atoms with E-state index < -0.39 is 0 Å². The van der Waals surface area contributed by atoms with Crippen LogP contribution in [0.25, 0.3) is 10.9 Å². The standard InChI is InChI=1S/C14H9BrClN3O/c1-2-8-6-11(20)19(7-8)13-9-4-3-5-10(15)12(9)17-14(16)18-13/h1,3-5,8H,6-7H2. The number of benzene rings is 1. The number of para-hydroxylation sites is 1. The first kappa shape index (κ1) is 13.3. The highest BCUT2D eigenvalue weighted by molar-refractivity contribution is 9.10. The molecule has 0 saturated carbocycles. The zero-order valence-corrected chi connectivity index (χ0v) is 12.6. The summed E-state index contributed by atoms with van der Waals surface area (Å²) in [5, 5.41) is 0.881. The fourth-order valence-corrected chi connectivity index (χ4v) is 2.92. The van der Waals surface area contributed by atoms with Crippen molar-refractivity contribution in [3.63, 3.8) is 0 Å². The van der Waals surface area contributed by atoms with Gasteiger partial charge >= 0.3 is 0 Å². The zero-order chi connectivity index (χ0) is 14.3. The molecule has 20 heavy (non-hydrogen) atoms. The van der Waals surface area contributed by atoms with Gasteiger partial charge in [-0.1, -0.05) is 6.07 Å². The predicted molar refractivity (Wildman–Crippen MR) is 81.5 cm³/mol. The van der Waals surface area contributed by atoms with E-state index in [4.69, 9.17) is 18.0 Å². The first-order valence-electron chi connectivity index (χ1n) is 5.98. The fourth-order valence-electron chi connectivity index (χ4n) is 2.30. The summed E-state index contributed by atoms with van der Waals surface area (Å²) in [5.74, 6) is 3.01. The highest BCUT2D eigenvalue weighted by Gasteiger charge is 2.31. The Morgan fingerprint density at radius 2 is 2.25 bits per heavy atom. The summed E-state index contributed by atoms with van der Waals surface area (Å²) >= 11 is 9.40. The molecule has 1 aliphatic heterocycles. The molecule has 100 valence electrons. The van der Waals surface area contributed by atoms with Crippen LogP contribution in [0.1, 0.15) is 6.42 Å². The Balaban J connectivity index is 2.20. The van der Waals surface area contributed by atoms with E-state index in [1.54, 1.807) is 4.90 Å². The van der Waals surface area contributed by atoms with E-state index in [-0.39, 0.29) is 17.1 Å². The van der Waals surface area contributed by atoms with Crippen LogP contribution < -0.4 is 4.90 Å². The molecule has 0 spiro atoms. The van der Waals surface area contributed by atoms with Crippen LogP contribution in [0.2, 0.25) is 5.28 Å². The number of fused-ring (bicyclic) bond motifs is 1. The molecular formula is C14H9BrClN3O. The van der Waals surface area contributed by atoms with Crippen LogP contribution in [0.3, 0.4) is 0 Å². The lowest BCUT2D eigenvalue weighted by Gasteiger charge is -2.17. The van der Waals surface area contributed by atoms with Crippen LogP contribution in [-0.4, -0.2) is 22.4 Å². The van der Waals surface area contributed by atoms with E-state index in [1.807, 2.05) is 18.2 Å². The molecule has 0 N–H and O–H groups in total. The molecule has 1 aromatic carbocycles. The molecule has 3 rings (SSSR count).